The van der Waals surface area contributed by atoms with E-state index in [-0.39, 0.29) is 0 Å². The van der Waals surface area contributed by atoms with Gasteiger partial charge in [0.2, 0.25) is 11.9 Å². The molecule has 0 bridgehead atoms. The third kappa shape index (κ3) is 9.03. The Balaban J connectivity index is 0.000000178. The van der Waals surface area contributed by atoms with Gasteiger partial charge in [-0.15, -0.1) is 0 Å². The van der Waals surface area contributed by atoms with E-state index in [1.807, 2.05) is 37.7 Å². The highest BCUT2D eigenvalue weighted by Crippen LogP contribution is 2.32. The van der Waals surface area contributed by atoms with E-state index in [9.17, 15) is 10.5 Å². The molecule has 2 saturated carbocycles. The van der Waals surface area contributed by atoms with Gasteiger partial charge in [-0.3, -0.25) is 0 Å². The lowest BCUT2D eigenvalue weighted by Crippen LogP contribution is -2.18. The largest absolute Gasteiger partial charge is 0.354 e. The Labute approximate surface area is 274 Å². The van der Waals surface area contributed by atoms with Crippen molar-refractivity contribution in [1.29, 1.82) is 10.5 Å². The molecule has 0 spiro atoms. The number of thioether (sulfide) groups is 2. The summed E-state index contributed by atoms with van der Waals surface area (Å²) in [4.78, 5) is 17.8. The van der Waals surface area contributed by atoms with Gasteiger partial charge in [0, 0.05) is 35.9 Å². The Bertz CT molecular complexity index is 1590. The van der Waals surface area contributed by atoms with E-state index in [1.54, 1.807) is 12.3 Å². The molecule has 6 rings (SSSR count). The first-order valence-electron chi connectivity index (χ1n) is 15.6. The third-order valence-corrected chi connectivity index (χ3v) is 10.0. The summed E-state index contributed by atoms with van der Waals surface area (Å²) in [6.45, 7) is 6.80. The van der Waals surface area contributed by atoms with Crippen LogP contribution in [0.1, 0.15) is 88.7 Å². The molecule has 0 aromatic carbocycles. The molecule has 234 valence electrons. The minimum Gasteiger partial charge on any atom is -0.354 e. The van der Waals surface area contributed by atoms with Crippen LogP contribution in [-0.2, 0) is 0 Å². The van der Waals surface area contributed by atoms with Crippen molar-refractivity contribution in [3.8, 4) is 12.1 Å². The van der Waals surface area contributed by atoms with E-state index in [1.165, 1.54) is 81.3 Å². The highest BCUT2D eigenvalue weighted by Gasteiger charge is 2.20. The zero-order valence-corrected chi connectivity index (χ0v) is 27.7. The summed E-state index contributed by atoms with van der Waals surface area (Å²) in [7, 11) is 0. The van der Waals surface area contributed by atoms with E-state index in [2.05, 4.69) is 53.3 Å². The van der Waals surface area contributed by atoms with Gasteiger partial charge in [-0.2, -0.15) is 10.5 Å². The van der Waals surface area contributed by atoms with Crippen LogP contribution < -0.4 is 21.3 Å². The number of nitriles is 2. The van der Waals surface area contributed by atoms with Crippen LogP contribution in [0.4, 0.5) is 11.9 Å². The van der Waals surface area contributed by atoms with Gasteiger partial charge >= 0.3 is 0 Å². The third-order valence-electron chi connectivity index (χ3n) is 7.99. The molecule has 2 aliphatic carbocycles. The zero-order chi connectivity index (χ0) is 31.6. The van der Waals surface area contributed by atoms with Crippen LogP contribution in [0, 0.1) is 35.5 Å². The fourth-order valence-electron chi connectivity index (χ4n) is 5.69. The first-order chi connectivity index (χ1) is 21.9. The molecule has 10 nitrogen and oxygen atoms in total. The average Bonchev–Trinajstić information content (AvgIpc) is 3.81. The fourth-order valence-corrected chi connectivity index (χ4v) is 7.37. The summed E-state index contributed by atoms with van der Waals surface area (Å²) in [5.74, 6) is 1.95. The molecule has 2 aromatic heterocycles. The van der Waals surface area contributed by atoms with Gasteiger partial charge in [0.05, 0.1) is 21.4 Å². The van der Waals surface area contributed by atoms with Gasteiger partial charge in [0.25, 0.3) is 0 Å². The summed E-state index contributed by atoms with van der Waals surface area (Å²) in [5.41, 5.74) is 5.42. The topological polar surface area (TPSA) is 147 Å². The minimum atomic E-state index is 0.454. The number of allylic oxidation sites excluding steroid dienone is 4. The molecular formula is C33H40N10S2. The smallest absolute Gasteiger partial charge is 0.223 e. The van der Waals surface area contributed by atoms with Crippen molar-refractivity contribution in [2.75, 3.05) is 17.2 Å². The van der Waals surface area contributed by atoms with Crippen LogP contribution >= 0.6 is 23.5 Å². The average molecular weight is 641 g/mol. The summed E-state index contributed by atoms with van der Waals surface area (Å²) < 4.78 is 0. The summed E-state index contributed by atoms with van der Waals surface area (Å²) in [5, 5.41) is 37.8. The lowest BCUT2D eigenvalue weighted by Gasteiger charge is -2.21. The normalized spacial score (nSPS) is 20.4. The molecule has 4 heterocycles. The predicted octanol–water partition coefficient (Wildman–Crippen LogP) is 7.39. The van der Waals surface area contributed by atoms with E-state index in [4.69, 9.17) is 0 Å². The van der Waals surface area contributed by atoms with Gasteiger partial charge in [-0.25, -0.2) is 19.9 Å². The maximum atomic E-state index is 9.53. The number of nitrogens with zero attached hydrogens (tertiary/aromatic N) is 6. The van der Waals surface area contributed by atoms with Crippen molar-refractivity contribution in [1.82, 2.24) is 30.6 Å². The molecule has 0 unspecified atom stereocenters. The number of rotatable bonds is 7. The SMILES string of the molecule is CC1=CSC(=C(C#N)c2cc(C)nc(NC3CCCC3)n2)N1.CC1=CSC(=C(C#N)c2ccnc(NCC3CCCCC3)n2)N1. The molecule has 2 aromatic rings. The number of hydrogen-bond donors (Lipinski definition) is 4. The van der Waals surface area contributed by atoms with Crippen LogP contribution in [0.25, 0.3) is 11.1 Å². The lowest BCUT2D eigenvalue weighted by atomic mass is 9.89. The summed E-state index contributed by atoms with van der Waals surface area (Å²) in [6, 6.07) is 8.63. The number of aromatic nitrogens is 4. The standard InChI is InChI=1S/C17H21N5S.C16H19N5S/c1-12-11-23-16(21-12)14(9-18)15-7-8-19-17(22-15)20-10-13-5-3-2-4-6-13;1-10-7-14(13(8-17)15-18-11(2)9-22-15)21-16(19-10)20-12-5-3-4-6-12/h7-8,11,13,21H,2-6,10H2,1H3,(H,19,20,22);7,9,12,18H,3-6H2,1-2H3,(H,19,20,21). The molecular weight excluding hydrogens is 601 g/mol. The van der Waals surface area contributed by atoms with Gasteiger partial charge in [0.15, 0.2) is 0 Å². The molecule has 4 aliphatic rings. The molecule has 12 heteroatoms. The number of nitrogens with one attached hydrogen (secondary N) is 4. The number of anilines is 2. The number of hydrogen-bond acceptors (Lipinski definition) is 12. The van der Waals surface area contributed by atoms with Crippen molar-refractivity contribution in [3.05, 3.63) is 67.7 Å². The number of aryl methyl sites for hydroxylation is 1. The molecule has 2 aliphatic heterocycles. The Morgan fingerprint density at radius 1 is 0.822 bits per heavy atom. The Kier molecular flexibility index (Phi) is 11.4. The van der Waals surface area contributed by atoms with Crippen LogP contribution in [0.3, 0.4) is 0 Å². The van der Waals surface area contributed by atoms with E-state index < -0.39 is 0 Å². The van der Waals surface area contributed by atoms with Crippen LogP contribution in [0.5, 0.6) is 0 Å². The first-order valence-corrected chi connectivity index (χ1v) is 17.4. The minimum absolute atomic E-state index is 0.454. The van der Waals surface area contributed by atoms with E-state index in [0.29, 0.717) is 46.4 Å². The van der Waals surface area contributed by atoms with Gasteiger partial charge in [-0.05, 0) is 75.3 Å². The van der Waals surface area contributed by atoms with Gasteiger partial charge in [-0.1, -0.05) is 55.6 Å². The maximum absolute atomic E-state index is 9.53. The van der Waals surface area contributed by atoms with Crippen molar-refractivity contribution < 1.29 is 0 Å². The Morgan fingerprint density at radius 3 is 2.02 bits per heavy atom. The fraction of sp³-hybridized carbons (Fsp3) is 0.455. The van der Waals surface area contributed by atoms with Crippen molar-refractivity contribution >= 4 is 46.6 Å². The van der Waals surface area contributed by atoms with Crippen molar-refractivity contribution in [2.24, 2.45) is 5.92 Å². The molecule has 0 atom stereocenters. The lowest BCUT2D eigenvalue weighted by molar-refractivity contribution is 0.373. The second kappa shape index (κ2) is 15.8. The summed E-state index contributed by atoms with van der Waals surface area (Å²) in [6.07, 6.45) is 13.1. The predicted molar refractivity (Wildman–Crippen MR) is 184 cm³/mol. The quantitative estimate of drug-likeness (QED) is 0.224. The second-order valence-corrected chi connectivity index (χ2v) is 13.5. The van der Waals surface area contributed by atoms with Gasteiger partial charge in [0.1, 0.15) is 23.3 Å². The highest BCUT2D eigenvalue weighted by atomic mass is 32.2. The Hall–Kier alpha value is -4.00. The Morgan fingerprint density at radius 2 is 1.42 bits per heavy atom. The summed E-state index contributed by atoms with van der Waals surface area (Å²) >= 11 is 3.05. The molecule has 4 N–H and O–H groups in total. The van der Waals surface area contributed by atoms with Crippen molar-refractivity contribution in [2.45, 2.75) is 84.6 Å². The molecule has 0 amide bonds. The van der Waals surface area contributed by atoms with Crippen LogP contribution in [0.15, 0.2) is 50.6 Å². The molecule has 45 heavy (non-hydrogen) atoms. The van der Waals surface area contributed by atoms with Gasteiger partial charge < -0.3 is 21.3 Å². The molecule has 0 radical (unpaired) electrons. The maximum Gasteiger partial charge on any atom is 0.223 e. The first kappa shape index (κ1) is 32.4. The molecule has 0 saturated heterocycles. The van der Waals surface area contributed by atoms with E-state index >= 15 is 0 Å². The second-order valence-electron chi connectivity index (χ2n) is 11.7. The zero-order valence-electron chi connectivity index (χ0n) is 26.1. The highest BCUT2D eigenvalue weighted by molar-refractivity contribution is 8.06. The molecule has 2 fully saturated rings. The van der Waals surface area contributed by atoms with Crippen LogP contribution in [-0.4, -0.2) is 32.5 Å². The van der Waals surface area contributed by atoms with Crippen LogP contribution in [0.2, 0.25) is 0 Å². The van der Waals surface area contributed by atoms with E-state index in [0.717, 1.165) is 33.7 Å². The van der Waals surface area contributed by atoms with Crippen molar-refractivity contribution in [3.63, 3.8) is 0 Å². The monoisotopic (exact) mass is 640 g/mol.